The van der Waals surface area contributed by atoms with Crippen LogP contribution in [-0.2, 0) is 12.3 Å². The van der Waals surface area contributed by atoms with Crippen LogP contribution in [0.1, 0.15) is 18.3 Å². The van der Waals surface area contributed by atoms with Gasteiger partial charge in [0.1, 0.15) is 0 Å². The van der Waals surface area contributed by atoms with Crippen molar-refractivity contribution in [2.24, 2.45) is 0 Å². The molecule has 3 nitrogen and oxygen atoms in total. The average molecular weight is 298 g/mol. The Morgan fingerprint density at radius 1 is 0.952 bits per heavy atom. The lowest BCUT2D eigenvalue weighted by atomic mass is 10.1. The van der Waals surface area contributed by atoms with E-state index < -0.39 is 0 Å². The molecule has 3 aromatic rings. The van der Waals surface area contributed by atoms with E-state index in [1.54, 1.807) is 0 Å². The molecule has 0 fully saturated rings. The predicted octanol–water partition coefficient (Wildman–Crippen LogP) is 4.24. The fourth-order valence-electron chi connectivity index (χ4n) is 2.33. The summed E-state index contributed by atoms with van der Waals surface area (Å²) in [4.78, 5) is 0. The minimum Gasteiger partial charge on any atom is -0.278 e. The lowest BCUT2D eigenvalue weighted by Crippen LogP contribution is -2.01. The molecule has 1 heterocycles. The molecule has 0 amide bonds. The van der Waals surface area contributed by atoms with Crippen LogP contribution in [0, 0.1) is 0 Å². The molecule has 0 unspecified atom stereocenters. The molecule has 0 aliphatic carbocycles. The highest BCUT2D eigenvalue weighted by molar-refractivity contribution is 6.16. The zero-order valence-electron chi connectivity index (χ0n) is 11.8. The highest BCUT2D eigenvalue weighted by atomic mass is 35.5. The molecule has 0 saturated heterocycles. The Labute approximate surface area is 129 Å². The number of alkyl halides is 1. The first kappa shape index (κ1) is 13.8. The molecule has 0 radical (unpaired) electrons. The fourth-order valence-corrected chi connectivity index (χ4v) is 2.50. The molecule has 2 aromatic carbocycles. The highest BCUT2D eigenvalue weighted by Gasteiger charge is 2.14. The third-order valence-electron chi connectivity index (χ3n) is 3.48. The number of halogens is 1. The van der Waals surface area contributed by atoms with E-state index in [-0.39, 0.29) is 0 Å². The van der Waals surface area contributed by atoms with E-state index in [1.165, 1.54) is 5.56 Å². The molecule has 1 aromatic heterocycles. The second kappa shape index (κ2) is 6.10. The van der Waals surface area contributed by atoms with Gasteiger partial charge in [0, 0.05) is 11.3 Å². The second-order valence-corrected chi connectivity index (χ2v) is 5.06. The SMILES string of the molecule is CCc1ccc(-c2nnc(CCl)n2-c2ccccc2)cc1. The van der Waals surface area contributed by atoms with Crippen LogP contribution in [0.3, 0.4) is 0 Å². The number of nitrogens with zero attached hydrogens (tertiary/aromatic N) is 3. The van der Waals surface area contributed by atoms with Crippen molar-refractivity contribution in [3.8, 4) is 17.1 Å². The Morgan fingerprint density at radius 3 is 2.29 bits per heavy atom. The summed E-state index contributed by atoms with van der Waals surface area (Å²) >= 11 is 6.01. The lowest BCUT2D eigenvalue weighted by Gasteiger charge is -2.09. The van der Waals surface area contributed by atoms with Crippen molar-refractivity contribution in [2.45, 2.75) is 19.2 Å². The fraction of sp³-hybridized carbons (Fsp3) is 0.176. The first-order chi connectivity index (χ1) is 10.3. The molecular weight excluding hydrogens is 282 g/mol. The average Bonchev–Trinajstić information content (AvgIpc) is 2.99. The summed E-state index contributed by atoms with van der Waals surface area (Å²) in [7, 11) is 0. The topological polar surface area (TPSA) is 30.7 Å². The van der Waals surface area contributed by atoms with Gasteiger partial charge in [-0.1, -0.05) is 49.4 Å². The Morgan fingerprint density at radius 2 is 1.67 bits per heavy atom. The summed E-state index contributed by atoms with van der Waals surface area (Å²) in [5.74, 6) is 1.89. The molecule has 4 heteroatoms. The largest absolute Gasteiger partial charge is 0.278 e. The molecule has 0 saturated carbocycles. The van der Waals surface area contributed by atoms with Gasteiger partial charge in [-0.2, -0.15) is 0 Å². The summed E-state index contributed by atoms with van der Waals surface area (Å²) in [6, 6.07) is 18.5. The maximum atomic E-state index is 6.01. The predicted molar refractivity (Wildman–Crippen MR) is 85.7 cm³/mol. The molecule has 0 atom stereocenters. The second-order valence-electron chi connectivity index (χ2n) is 4.79. The molecular formula is C17H16ClN3. The summed E-state index contributed by atoms with van der Waals surface area (Å²) in [6.07, 6.45) is 1.03. The Balaban J connectivity index is 2.12. The third-order valence-corrected chi connectivity index (χ3v) is 3.72. The van der Waals surface area contributed by atoms with Gasteiger partial charge in [-0.05, 0) is 24.1 Å². The summed E-state index contributed by atoms with van der Waals surface area (Å²) in [5.41, 5.74) is 3.37. The number of hydrogen-bond acceptors (Lipinski definition) is 2. The first-order valence-corrected chi connectivity index (χ1v) is 7.52. The van der Waals surface area contributed by atoms with Gasteiger partial charge < -0.3 is 0 Å². The van der Waals surface area contributed by atoms with E-state index in [4.69, 9.17) is 11.6 Å². The van der Waals surface area contributed by atoms with Gasteiger partial charge in [-0.15, -0.1) is 21.8 Å². The number of para-hydroxylation sites is 1. The maximum absolute atomic E-state index is 6.01. The quantitative estimate of drug-likeness (QED) is 0.675. The van der Waals surface area contributed by atoms with E-state index in [1.807, 2.05) is 34.9 Å². The van der Waals surface area contributed by atoms with Crippen molar-refractivity contribution in [2.75, 3.05) is 0 Å². The van der Waals surface area contributed by atoms with Crippen LogP contribution in [-0.4, -0.2) is 14.8 Å². The van der Waals surface area contributed by atoms with Crippen molar-refractivity contribution < 1.29 is 0 Å². The smallest absolute Gasteiger partial charge is 0.168 e. The van der Waals surface area contributed by atoms with Gasteiger partial charge in [0.05, 0.1) is 5.88 Å². The molecule has 3 rings (SSSR count). The van der Waals surface area contributed by atoms with Gasteiger partial charge in [0.2, 0.25) is 0 Å². The van der Waals surface area contributed by atoms with Crippen LogP contribution in [0.25, 0.3) is 17.1 Å². The summed E-state index contributed by atoms with van der Waals surface area (Å²) in [6.45, 7) is 2.15. The minimum atomic E-state index is 0.328. The Hall–Kier alpha value is -2.13. The standard InChI is InChI=1S/C17H16ClN3/c1-2-13-8-10-14(11-9-13)17-20-19-16(12-18)21(17)15-6-4-3-5-7-15/h3-11H,2,12H2,1H3. The molecule has 0 aliphatic heterocycles. The van der Waals surface area contributed by atoms with Crippen LogP contribution >= 0.6 is 11.6 Å². The number of rotatable bonds is 4. The molecule has 0 bridgehead atoms. The first-order valence-electron chi connectivity index (χ1n) is 6.98. The maximum Gasteiger partial charge on any atom is 0.168 e. The van der Waals surface area contributed by atoms with Gasteiger partial charge in [-0.3, -0.25) is 4.57 Å². The van der Waals surface area contributed by atoms with Gasteiger partial charge in [0.15, 0.2) is 11.6 Å². The van der Waals surface area contributed by atoms with Crippen LogP contribution < -0.4 is 0 Å². The molecule has 0 aliphatic rings. The van der Waals surface area contributed by atoms with Crippen molar-refractivity contribution >= 4 is 11.6 Å². The number of aromatic nitrogens is 3. The Kier molecular flexibility index (Phi) is 4.02. The van der Waals surface area contributed by atoms with E-state index in [0.29, 0.717) is 5.88 Å². The van der Waals surface area contributed by atoms with Crippen molar-refractivity contribution in [1.29, 1.82) is 0 Å². The molecule has 106 valence electrons. The van der Waals surface area contributed by atoms with Crippen LogP contribution in [0.4, 0.5) is 0 Å². The number of hydrogen-bond donors (Lipinski definition) is 0. The van der Waals surface area contributed by atoms with Crippen LogP contribution in [0.5, 0.6) is 0 Å². The van der Waals surface area contributed by atoms with Gasteiger partial charge >= 0.3 is 0 Å². The van der Waals surface area contributed by atoms with E-state index in [2.05, 4.69) is 41.4 Å². The highest BCUT2D eigenvalue weighted by Crippen LogP contribution is 2.24. The normalized spacial score (nSPS) is 10.8. The van der Waals surface area contributed by atoms with Crippen molar-refractivity contribution in [1.82, 2.24) is 14.8 Å². The van der Waals surface area contributed by atoms with Crippen molar-refractivity contribution in [3.63, 3.8) is 0 Å². The molecule has 21 heavy (non-hydrogen) atoms. The summed E-state index contributed by atoms with van der Waals surface area (Å²) < 4.78 is 2.01. The number of aryl methyl sites for hydroxylation is 1. The van der Waals surface area contributed by atoms with E-state index >= 15 is 0 Å². The van der Waals surface area contributed by atoms with Crippen LogP contribution in [0.2, 0.25) is 0 Å². The van der Waals surface area contributed by atoms with E-state index in [9.17, 15) is 0 Å². The van der Waals surface area contributed by atoms with E-state index in [0.717, 1.165) is 29.3 Å². The number of benzene rings is 2. The van der Waals surface area contributed by atoms with Gasteiger partial charge in [0.25, 0.3) is 0 Å². The summed E-state index contributed by atoms with van der Waals surface area (Å²) in [5, 5.41) is 8.53. The van der Waals surface area contributed by atoms with Crippen molar-refractivity contribution in [3.05, 3.63) is 66.0 Å². The Bertz CT molecular complexity index is 718. The lowest BCUT2D eigenvalue weighted by molar-refractivity contribution is 0.953. The van der Waals surface area contributed by atoms with Crippen LogP contribution in [0.15, 0.2) is 54.6 Å². The monoisotopic (exact) mass is 297 g/mol. The zero-order chi connectivity index (χ0) is 14.7. The molecule has 0 N–H and O–H groups in total. The molecule has 0 spiro atoms. The van der Waals surface area contributed by atoms with Gasteiger partial charge in [-0.25, -0.2) is 0 Å². The third kappa shape index (κ3) is 2.69. The zero-order valence-corrected chi connectivity index (χ0v) is 12.6. The minimum absolute atomic E-state index is 0.328.